The lowest BCUT2D eigenvalue weighted by Gasteiger charge is -2.25. The molecule has 30 heavy (non-hydrogen) atoms. The fraction of sp³-hybridized carbons (Fsp3) is 0.208. The number of urea groups is 1. The van der Waals surface area contributed by atoms with Gasteiger partial charge in [0.1, 0.15) is 0 Å². The van der Waals surface area contributed by atoms with E-state index >= 15 is 0 Å². The molecule has 2 aliphatic carbocycles. The Labute approximate surface area is 173 Å². The van der Waals surface area contributed by atoms with Crippen LogP contribution >= 0.6 is 0 Å². The number of nitrogens with zero attached hydrogens (tertiary/aromatic N) is 2. The largest absolute Gasteiger partial charge is 0.335 e. The maximum Gasteiger partial charge on any atom is 0.319 e. The molecule has 2 aromatic heterocycles. The first-order chi connectivity index (χ1) is 14.7. The Kier molecular flexibility index (Phi) is 3.84. The SMILES string of the molecule is O=C(Nc1ccc2c(c1)Cc1ccccc1-2)NC1CCc2c(cnc3[nH]ncc23)C1. The molecule has 0 fully saturated rings. The van der Waals surface area contributed by atoms with Crippen LogP contribution in [0.5, 0.6) is 0 Å². The Morgan fingerprint density at radius 2 is 1.93 bits per heavy atom. The van der Waals surface area contributed by atoms with E-state index in [0.29, 0.717) is 0 Å². The lowest BCUT2D eigenvalue weighted by atomic mass is 9.88. The van der Waals surface area contributed by atoms with Crippen molar-refractivity contribution in [1.82, 2.24) is 20.5 Å². The summed E-state index contributed by atoms with van der Waals surface area (Å²) in [5.41, 5.74) is 9.31. The van der Waals surface area contributed by atoms with Gasteiger partial charge in [0.2, 0.25) is 0 Å². The molecule has 2 amide bonds. The summed E-state index contributed by atoms with van der Waals surface area (Å²) in [6.45, 7) is 0. The quantitative estimate of drug-likeness (QED) is 0.419. The predicted octanol–water partition coefficient (Wildman–Crippen LogP) is 4.21. The average molecular weight is 395 g/mol. The van der Waals surface area contributed by atoms with Crippen LogP contribution in [-0.4, -0.2) is 27.3 Å². The number of H-pyrrole nitrogens is 1. The van der Waals surface area contributed by atoms with Crippen LogP contribution in [0, 0.1) is 0 Å². The molecule has 4 aromatic rings. The Bertz CT molecular complexity index is 1290. The highest BCUT2D eigenvalue weighted by Gasteiger charge is 2.23. The molecule has 2 aromatic carbocycles. The molecule has 6 heteroatoms. The molecule has 0 saturated heterocycles. The van der Waals surface area contributed by atoms with Crippen LogP contribution < -0.4 is 10.6 Å². The molecule has 0 saturated carbocycles. The van der Waals surface area contributed by atoms with Crippen molar-refractivity contribution in [3.05, 3.63) is 77.1 Å². The standard InChI is InChI=1S/C24H21N5O/c30-24(27-17-5-7-20-15(10-17)9-14-3-1-2-4-19(14)20)28-18-6-8-21-16(11-18)12-25-23-22(21)13-26-29-23/h1-5,7,10,12-13,18H,6,8-9,11H2,(H,25,26,29)(H2,27,28,30). The van der Waals surface area contributed by atoms with Crippen LogP contribution in [0.3, 0.4) is 0 Å². The molecule has 2 aliphatic rings. The summed E-state index contributed by atoms with van der Waals surface area (Å²) >= 11 is 0. The first kappa shape index (κ1) is 17.2. The van der Waals surface area contributed by atoms with Gasteiger partial charge in [-0.25, -0.2) is 9.78 Å². The van der Waals surface area contributed by atoms with Gasteiger partial charge in [0.05, 0.1) is 6.20 Å². The summed E-state index contributed by atoms with van der Waals surface area (Å²) in [4.78, 5) is 17.1. The van der Waals surface area contributed by atoms with Crippen LogP contribution in [-0.2, 0) is 19.3 Å². The number of amides is 2. The second-order valence-electron chi connectivity index (χ2n) is 8.14. The number of aryl methyl sites for hydroxylation is 1. The third-order valence-electron chi connectivity index (χ3n) is 6.28. The van der Waals surface area contributed by atoms with Gasteiger partial charge in [0.25, 0.3) is 0 Å². The number of aromatic amines is 1. The smallest absolute Gasteiger partial charge is 0.319 e. The molecule has 6 nitrogen and oxygen atoms in total. The summed E-state index contributed by atoms with van der Waals surface area (Å²) in [5.74, 6) is 0. The van der Waals surface area contributed by atoms with Crippen molar-refractivity contribution in [2.75, 3.05) is 5.32 Å². The van der Waals surface area contributed by atoms with Crippen LogP contribution in [0.1, 0.15) is 28.7 Å². The number of aromatic nitrogens is 3. The van der Waals surface area contributed by atoms with Crippen LogP contribution in [0.4, 0.5) is 10.5 Å². The van der Waals surface area contributed by atoms with Gasteiger partial charge < -0.3 is 10.6 Å². The summed E-state index contributed by atoms with van der Waals surface area (Å²) in [6.07, 6.45) is 7.27. The minimum Gasteiger partial charge on any atom is -0.335 e. The summed E-state index contributed by atoms with van der Waals surface area (Å²) < 4.78 is 0. The molecule has 0 spiro atoms. The van der Waals surface area contributed by atoms with Crippen LogP contribution in [0.2, 0.25) is 0 Å². The highest BCUT2D eigenvalue weighted by Crippen LogP contribution is 2.37. The van der Waals surface area contributed by atoms with Gasteiger partial charge in [-0.15, -0.1) is 0 Å². The number of pyridine rings is 1. The van der Waals surface area contributed by atoms with Crippen molar-refractivity contribution in [2.45, 2.75) is 31.7 Å². The molecule has 0 radical (unpaired) electrons. The van der Waals surface area contributed by atoms with E-state index in [2.05, 4.69) is 62.2 Å². The van der Waals surface area contributed by atoms with Crippen molar-refractivity contribution < 1.29 is 4.79 Å². The second-order valence-corrected chi connectivity index (χ2v) is 8.14. The van der Waals surface area contributed by atoms with E-state index in [-0.39, 0.29) is 12.1 Å². The zero-order valence-electron chi connectivity index (χ0n) is 16.4. The fourth-order valence-electron chi connectivity index (χ4n) is 4.85. The summed E-state index contributed by atoms with van der Waals surface area (Å²) in [7, 11) is 0. The number of nitrogens with one attached hydrogen (secondary N) is 3. The van der Waals surface area contributed by atoms with E-state index < -0.39 is 0 Å². The minimum atomic E-state index is -0.156. The van der Waals surface area contributed by atoms with Crippen LogP contribution in [0.25, 0.3) is 22.2 Å². The van der Waals surface area contributed by atoms with E-state index in [4.69, 9.17) is 0 Å². The molecular formula is C24H21N5O. The maximum absolute atomic E-state index is 12.6. The highest BCUT2D eigenvalue weighted by atomic mass is 16.2. The monoisotopic (exact) mass is 395 g/mol. The lowest BCUT2D eigenvalue weighted by molar-refractivity contribution is 0.247. The average Bonchev–Trinajstić information content (AvgIpc) is 3.37. The molecule has 1 atom stereocenters. The second kappa shape index (κ2) is 6.69. The van der Waals surface area contributed by atoms with Crippen LogP contribution in [0.15, 0.2) is 54.9 Å². The van der Waals surface area contributed by atoms with E-state index in [1.54, 1.807) is 0 Å². The Hall–Kier alpha value is -3.67. The predicted molar refractivity (Wildman–Crippen MR) is 117 cm³/mol. The number of anilines is 1. The number of hydrogen-bond donors (Lipinski definition) is 3. The Morgan fingerprint density at radius 3 is 2.90 bits per heavy atom. The molecule has 2 heterocycles. The number of benzene rings is 2. The normalized spacial score (nSPS) is 16.6. The zero-order valence-corrected chi connectivity index (χ0v) is 16.4. The van der Waals surface area contributed by atoms with Crippen molar-refractivity contribution in [1.29, 1.82) is 0 Å². The number of carbonyl (C=O) groups is 1. The fourth-order valence-corrected chi connectivity index (χ4v) is 4.85. The van der Waals surface area contributed by atoms with E-state index in [1.807, 2.05) is 18.5 Å². The third-order valence-corrected chi connectivity index (χ3v) is 6.28. The molecule has 1 unspecified atom stereocenters. The molecule has 6 rings (SSSR count). The summed E-state index contributed by atoms with van der Waals surface area (Å²) in [5, 5.41) is 14.3. The van der Waals surface area contributed by atoms with Gasteiger partial charge in [0, 0.05) is 23.3 Å². The van der Waals surface area contributed by atoms with E-state index in [9.17, 15) is 4.79 Å². The topological polar surface area (TPSA) is 82.7 Å². The van der Waals surface area contributed by atoms with Crippen molar-refractivity contribution in [3.8, 4) is 11.1 Å². The van der Waals surface area contributed by atoms with Gasteiger partial charge in [0.15, 0.2) is 5.65 Å². The molecule has 0 aliphatic heterocycles. The minimum absolute atomic E-state index is 0.0994. The van der Waals surface area contributed by atoms with Gasteiger partial charge in [-0.3, -0.25) is 5.10 Å². The third kappa shape index (κ3) is 2.84. The first-order valence-corrected chi connectivity index (χ1v) is 10.3. The van der Waals surface area contributed by atoms with E-state index in [0.717, 1.165) is 42.4 Å². The number of rotatable bonds is 2. The number of hydrogen-bond acceptors (Lipinski definition) is 3. The van der Waals surface area contributed by atoms with Crippen molar-refractivity contribution in [3.63, 3.8) is 0 Å². The first-order valence-electron chi connectivity index (χ1n) is 10.3. The highest BCUT2D eigenvalue weighted by molar-refractivity contribution is 5.91. The Morgan fingerprint density at radius 1 is 1.03 bits per heavy atom. The Balaban J connectivity index is 1.14. The number of fused-ring (bicyclic) bond motifs is 6. The summed E-state index contributed by atoms with van der Waals surface area (Å²) in [6, 6.07) is 14.6. The van der Waals surface area contributed by atoms with Gasteiger partial charge >= 0.3 is 6.03 Å². The maximum atomic E-state index is 12.6. The number of carbonyl (C=O) groups excluding carboxylic acids is 1. The molecular weight excluding hydrogens is 374 g/mol. The lowest BCUT2D eigenvalue weighted by Crippen LogP contribution is -2.41. The molecule has 0 bridgehead atoms. The van der Waals surface area contributed by atoms with Gasteiger partial charge in [-0.2, -0.15) is 5.10 Å². The van der Waals surface area contributed by atoms with E-state index in [1.165, 1.54) is 33.4 Å². The molecule has 3 N–H and O–H groups in total. The zero-order chi connectivity index (χ0) is 20.1. The van der Waals surface area contributed by atoms with Crippen molar-refractivity contribution >= 4 is 22.8 Å². The molecule has 148 valence electrons. The van der Waals surface area contributed by atoms with Crippen molar-refractivity contribution in [2.24, 2.45) is 0 Å². The van der Waals surface area contributed by atoms with Gasteiger partial charge in [-0.05, 0) is 71.2 Å². The van der Waals surface area contributed by atoms with Gasteiger partial charge in [-0.1, -0.05) is 30.3 Å².